The Labute approximate surface area is 116 Å². The molecule has 2 N–H and O–H groups in total. The Hall–Kier alpha value is -1.91. The van der Waals surface area contributed by atoms with Gasteiger partial charge in [-0.05, 0) is 22.6 Å². The van der Waals surface area contributed by atoms with E-state index in [-0.39, 0.29) is 0 Å². The predicted octanol–water partition coefficient (Wildman–Crippen LogP) is 3.12. The number of nitrogens with zero attached hydrogens (tertiary/aromatic N) is 2. The first-order valence-electron chi connectivity index (χ1n) is 6.20. The van der Waals surface area contributed by atoms with Gasteiger partial charge in [0.2, 0.25) is 0 Å². The molecule has 0 aliphatic heterocycles. The molecule has 0 atom stereocenters. The molecule has 4 heteroatoms. The summed E-state index contributed by atoms with van der Waals surface area (Å²) in [6.07, 6.45) is 3.87. The van der Waals surface area contributed by atoms with Crippen LogP contribution in [0.5, 0.6) is 0 Å². The summed E-state index contributed by atoms with van der Waals surface area (Å²) in [4.78, 5) is 5.64. The summed E-state index contributed by atoms with van der Waals surface area (Å²) in [5, 5.41) is 2.07. The molecule has 0 aliphatic carbocycles. The van der Waals surface area contributed by atoms with Crippen LogP contribution in [0.2, 0.25) is 0 Å². The monoisotopic (exact) mass is 269 g/mol. The number of imidazole rings is 1. The fourth-order valence-corrected chi connectivity index (χ4v) is 2.78. The van der Waals surface area contributed by atoms with Gasteiger partial charge in [0.05, 0.1) is 4.88 Å². The first-order chi connectivity index (χ1) is 9.36. The molecule has 3 rings (SSSR count). The van der Waals surface area contributed by atoms with E-state index in [9.17, 15) is 0 Å². The Balaban J connectivity index is 1.85. The fourth-order valence-electron chi connectivity index (χ4n) is 2.05. The molecular formula is C15H15N3S. The molecule has 0 fully saturated rings. The molecule has 3 nitrogen and oxygen atoms in total. The van der Waals surface area contributed by atoms with Gasteiger partial charge in [-0.15, -0.1) is 11.3 Å². The minimum absolute atomic E-state index is 0.589. The lowest BCUT2D eigenvalue weighted by molar-refractivity contribution is 0.808. The molecule has 0 unspecified atom stereocenters. The van der Waals surface area contributed by atoms with Crippen LogP contribution < -0.4 is 5.73 Å². The van der Waals surface area contributed by atoms with Crippen molar-refractivity contribution in [3.05, 3.63) is 65.3 Å². The standard InChI is InChI=1S/C15H15N3S/c16-10-12-3-5-13(6-4-12)11-18-8-7-17-15(18)14-2-1-9-19-14/h1-9H,10-11,16H2. The van der Waals surface area contributed by atoms with E-state index in [0.29, 0.717) is 6.54 Å². The Morgan fingerprint density at radius 2 is 1.89 bits per heavy atom. The second kappa shape index (κ2) is 5.38. The topological polar surface area (TPSA) is 43.8 Å². The summed E-state index contributed by atoms with van der Waals surface area (Å²) in [5.41, 5.74) is 8.03. The number of benzene rings is 1. The molecule has 19 heavy (non-hydrogen) atoms. The lowest BCUT2D eigenvalue weighted by Crippen LogP contribution is -2.01. The van der Waals surface area contributed by atoms with Gasteiger partial charge in [0, 0.05) is 25.5 Å². The molecule has 0 radical (unpaired) electrons. The third kappa shape index (κ3) is 2.59. The average Bonchev–Trinajstić information content (AvgIpc) is 3.10. The van der Waals surface area contributed by atoms with Crippen LogP contribution in [0.1, 0.15) is 11.1 Å². The Kier molecular flexibility index (Phi) is 3.44. The SMILES string of the molecule is NCc1ccc(Cn2ccnc2-c2cccs2)cc1. The zero-order valence-electron chi connectivity index (χ0n) is 10.5. The normalized spacial score (nSPS) is 10.8. The smallest absolute Gasteiger partial charge is 0.150 e. The van der Waals surface area contributed by atoms with Crippen LogP contribution in [0, 0.1) is 0 Å². The van der Waals surface area contributed by atoms with Crippen molar-refractivity contribution < 1.29 is 0 Å². The van der Waals surface area contributed by atoms with Gasteiger partial charge in [0.25, 0.3) is 0 Å². The van der Waals surface area contributed by atoms with E-state index >= 15 is 0 Å². The minimum atomic E-state index is 0.589. The van der Waals surface area contributed by atoms with Crippen molar-refractivity contribution in [1.82, 2.24) is 9.55 Å². The van der Waals surface area contributed by atoms with Crippen molar-refractivity contribution in [2.75, 3.05) is 0 Å². The predicted molar refractivity (Wildman–Crippen MR) is 79.0 cm³/mol. The minimum Gasteiger partial charge on any atom is -0.326 e. The van der Waals surface area contributed by atoms with Crippen molar-refractivity contribution in [2.24, 2.45) is 5.73 Å². The molecule has 2 heterocycles. The molecule has 0 spiro atoms. The lowest BCUT2D eigenvalue weighted by atomic mass is 10.1. The van der Waals surface area contributed by atoms with Gasteiger partial charge in [-0.2, -0.15) is 0 Å². The maximum atomic E-state index is 5.61. The van der Waals surface area contributed by atoms with Crippen molar-refractivity contribution in [3.8, 4) is 10.7 Å². The quantitative estimate of drug-likeness (QED) is 0.791. The molecule has 2 aromatic heterocycles. The molecule has 0 bridgehead atoms. The van der Waals surface area contributed by atoms with E-state index in [4.69, 9.17) is 5.73 Å². The van der Waals surface area contributed by atoms with Gasteiger partial charge in [-0.1, -0.05) is 30.3 Å². The molecule has 3 aromatic rings. The van der Waals surface area contributed by atoms with Crippen LogP contribution in [-0.2, 0) is 13.1 Å². The molecule has 0 amide bonds. The van der Waals surface area contributed by atoms with Gasteiger partial charge < -0.3 is 10.3 Å². The van der Waals surface area contributed by atoms with Crippen LogP contribution in [0.15, 0.2) is 54.2 Å². The molecular weight excluding hydrogens is 254 g/mol. The highest BCUT2D eigenvalue weighted by Crippen LogP contribution is 2.23. The summed E-state index contributed by atoms with van der Waals surface area (Å²) in [5.74, 6) is 1.03. The number of hydrogen-bond acceptors (Lipinski definition) is 3. The molecule has 0 saturated heterocycles. The average molecular weight is 269 g/mol. The number of rotatable bonds is 4. The first-order valence-corrected chi connectivity index (χ1v) is 7.07. The summed E-state index contributed by atoms with van der Waals surface area (Å²) in [6, 6.07) is 12.6. The Bertz CT molecular complexity index is 638. The Morgan fingerprint density at radius 3 is 2.58 bits per heavy atom. The maximum Gasteiger partial charge on any atom is 0.150 e. The highest BCUT2D eigenvalue weighted by atomic mass is 32.1. The van der Waals surface area contributed by atoms with Gasteiger partial charge in [0.15, 0.2) is 0 Å². The third-order valence-corrected chi connectivity index (χ3v) is 3.93. The maximum absolute atomic E-state index is 5.61. The first kappa shape index (κ1) is 12.1. The van der Waals surface area contributed by atoms with E-state index in [1.807, 2.05) is 12.4 Å². The number of nitrogens with two attached hydrogens (primary N) is 1. The lowest BCUT2D eigenvalue weighted by Gasteiger charge is -2.07. The van der Waals surface area contributed by atoms with Crippen LogP contribution in [0.25, 0.3) is 10.7 Å². The van der Waals surface area contributed by atoms with Gasteiger partial charge in [0.1, 0.15) is 5.82 Å². The van der Waals surface area contributed by atoms with Gasteiger partial charge >= 0.3 is 0 Å². The molecule has 96 valence electrons. The van der Waals surface area contributed by atoms with E-state index < -0.39 is 0 Å². The number of hydrogen-bond donors (Lipinski definition) is 1. The number of thiophene rings is 1. The Morgan fingerprint density at radius 1 is 1.11 bits per heavy atom. The largest absolute Gasteiger partial charge is 0.326 e. The molecule has 1 aromatic carbocycles. The molecule has 0 saturated carbocycles. The third-order valence-electron chi connectivity index (χ3n) is 3.07. The van der Waals surface area contributed by atoms with Gasteiger partial charge in [-0.3, -0.25) is 0 Å². The van der Waals surface area contributed by atoms with Crippen LogP contribution in [0.3, 0.4) is 0 Å². The zero-order valence-corrected chi connectivity index (χ0v) is 11.3. The van der Waals surface area contributed by atoms with Crippen molar-refractivity contribution in [3.63, 3.8) is 0 Å². The van der Waals surface area contributed by atoms with Crippen LogP contribution in [-0.4, -0.2) is 9.55 Å². The summed E-state index contributed by atoms with van der Waals surface area (Å²) in [6.45, 7) is 1.42. The van der Waals surface area contributed by atoms with Crippen LogP contribution in [0.4, 0.5) is 0 Å². The second-order valence-electron chi connectivity index (χ2n) is 4.38. The van der Waals surface area contributed by atoms with E-state index in [0.717, 1.165) is 17.9 Å². The summed E-state index contributed by atoms with van der Waals surface area (Å²) >= 11 is 1.71. The van der Waals surface area contributed by atoms with Crippen molar-refractivity contribution in [2.45, 2.75) is 13.1 Å². The highest BCUT2D eigenvalue weighted by Gasteiger charge is 2.07. The zero-order chi connectivity index (χ0) is 13.1. The van der Waals surface area contributed by atoms with Crippen molar-refractivity contribution >= 4 is 11.3 Å². The fraction of sp³-hybridized carbons (Fsp3) is 0.133. The van der Waals surface area contributed by atoms with Crippen molar-refractivity contribution in [1.29, 1.82) is 0 Å². The molecule has 0 aliphatic rings. The van der Waals surface area contributed by atoms with E-state index in [2.05, 4.69) is 51.3 Å². The van der Waals surface area contributed by atoms with Gasteiger partial charge in [-0.25, -0.2) is 4.98 Å². The summed E-state index contributed by atoms with van der Waals surface area (Å²) < 4.78 is 2.17. The van der Waals surface area contributed by atoms with E-state index in [1.165, 1.54) is 10.4 Å². The van der Waals surface area contributed by atoms with E-state index in [1.54, 1.807) is 11.3 Å². The summed E-state index contributed by atoms with van der Waals surface area (Å²) in [7, 11) is 0. The number of aromatic nitrogens is 2. The van der Waals surface area contributed by atoms with Crippen LogP contribution >= 0.6 is 11.3 Å². The highest BCUT2D eigenvalue weighted by molar-refractivity contribution is 7.13. The second-order valence-corrected chi connectivity index (χ2v) is 5.32.